The molecular formula is C43H58N4O13. The maximum absolute atomic E-state index is 13.8. The number of allylic oxidation sites excluding steroid dienone is 2. The Kier molecular flexibility index (Phi) is 14.1. The number of phenolic OH excluding ortho intramolecular Hbond substituents is 3. The Morgan fingerprint density at radius 1 is 0.933 bits per heavy atom. The number of carbonyl (C=O) groups excluding carboxylic acids is 3. The Hall–Kier alpha value is -5.36. The molecule has 1 amide bonds. The molecule has 4 aliphatic heterocycles. The summed E-state index contributed by atoms with van der Waals surface area (Å²) in [5.74, 6) is -9.34. The number of hydrogen-bond acceptors (Lipinski definition) is 16. The fraction of sp³-hybridized carbons (Fsp3) is 0.535. The number of piperazine rings is 1. The average Bonchev–Trinajstić information content (AvgIpc) is 3.21. The third-order valence-corrected chi connectivity index (χ3v) is 11.7. The van der Waals surface area contributed by atoms with E-state index in [1.165, 1.54) is 53.2 Å². The molecule has 0 radical (unpaired) electrons. The van der Waals surface area contributed by atoms with Crippen LogP contribution in [-0.2, 0) is 28.6 Å². The molecule has 0 saturated carbocycles. The van der Waals surface area contributed by atoms with Crippen molar-refractivity contribution in [1.82, 2.24) is 9.91 Å². The van der Waals surface area contributed by atoms with Gasteiger partial charge >= 0.3 is 17.7 Å². The van der Waals surface area contributed by atoms with Gasteiger partial charge in [0.1, 0.15) is 17.6 Å². The van der Waals surface area contributed by atoms with Gasteiger partial charge in [0.15, 0.2) is 17.2 Å². The van der Waals surface area contributed by atoms with Crippen LogP contribution in [0.4, 0.5) is 5.69 Å². The van der Waals surface area contributed by atoms with Crippen molar-refractivity contribution in [3.05, 3.63) is 47.3 Å². The minimum absolute atomic E-state index is 0.00654. The van der Waals surface area contributed by atoms with E-state index in [9.17, 15) is 39.9 Å². The highest BCUT2D eigenvalue weighted by Crippen LogP contribution is 2.56. The molecule has 0 unspecified atom stereocenters. The zero-order chi connectivity index (χ0) is 44.4. The molecule has 6 rings (SSSR count). The number of amides is 1. The lowest BCUT2D eigenvalue weighted by atomic mass is 9.78. The van der Waals surface area contributed by atoms with Crippen molar-refractivity contribution in [2.24, 2.45) is 28.8 Å². The summed E-state index contributed by atoms with van der Waals surface area (Å²) in [7, 11) is 3.40. The third-order valence-electron chi connectivity index (χ3n) is 11.7. The Balaban J connectivity index is 1.69. The normalized spacial score (nSPS) is 31.8. The first-order valence-corrected chi connectivity index (χ1v) is 19.9. The van der Waals surface area contributed by atoms with Gasteiger partial charge in [0.25, 0.3) is 5.91 Å². The van der Waals surface area contributed by atoms with Gasteiger partial charge in [-0.05, 0) is 27.0 Å². The average molecular weight is 839 g/mol. The number of likely N-dealkylation sites (N-methyl/N-ethyl adjacent to an activating group) is 1. The molecule has 60 heavy (non-hydrogen) atoms. The van der Waals surface area contributed by atoms with Crippen molar-refractivity contribution in [3.63, 3.8) is 0 Å². The maximum atomic E-state index is 13.8. The summed E-state index contributed by atoms with van der Waals surface area (Å²) in [6.07, 6.45) is 4.68. The van der Waals surface area contributed by atoms with Crippen molar-refractivity contribution in [2.75, 3.05) is 45.7 Å². The summed E-state index contributed by atoms with van der Waals surface area (Å²) >= 11 is 0. The number of rotatable bonds is 4. The van der Waals surface area contributed by atoms with E-state index in [-0.39, 0.29) is 44.7 Å². The van der Waals surface area contributed by atoms with E-state index in [0.717, 1.165) is 6.26 Å². The minimum Gasteiger partial charge on any atom is -0.507 e. The molecule has 9 atom stereocenters. The first-order chi connectivity index (χ1) is 28.2. The van der Waals surface area contributed by atoms with Gasteiger partial charge in [0.05, 0.1) is 52.8 Å². The second-order valence-electron chi connectivity index (χ2n) is 16.1. The van der Waals surface area contributed by atoms with Crippen LogP contribution in [0.15, 0.2) is 41.2 Å². The van der Waals surface area contributed by atoms with Crippen LogP contribution in [0.2, 0.25) is 0 Å². The quantitative estimate of drug-likeness (QED) is 0.0839. The molecule has 328 valence electrons. The van der Waals surface area contributed by atoms with Gasteiger partial charge in [0, 0.05) is 81.9 Å². The second-order valence-corrected chi connectivity index (χ2v) is 16.1. The van der Waals surface area contributed by atoms with Crippen molar-refractivity contribution in [1.29, 1.82) is 0 Å². The molecule has 0 aliphatic carbocycles. The predicted molar refractivity (Wildman–Crippen MR) is 222 cm³/mol. The molecule has 6 bridgehead atoms. The lowest BCUT2D eigenvalue weighted by Crippen LogP contribution is -2.49. The van der Waals surface area contributed by atoms with Crippen molar-refractivity contribution >= 4 is 40.5 Å². The molecule has 17 heteroatoms. The number of aliphatic hydroxyl groups is 2. The number of phenols is 3. The van der Waals surface area contributed by atoms with Gasteiger partial charge in [-0.25, -0.2) is 4.79 Å². The third kappa shape index (κ3) is 9.18. The van der Waals surface area contributed by atoms with E-state index < -0.39 is 89.0 Å². The number of esters is 2. The summed E-state index contributed by atoms with van der Waals surface area (Å²) in [4.78, 5) is 42.0. The summed E-state index contributed by atoms with van der Waals surface area (Å²) < 4.78 is 29.2. The molecule has 0 aromatic heterocycles. The zero-order valence-corrected chi connectivity index (χ0v) is 35.8. The Morgan fingerprint density at radius 3 is 2.23 bits per heavy atom. The van der Waals surface area contributed by atoms with E-state index in [1.807, 2.05) is 7.05 Å². The molecule has 1 saturated heterocycles. The molecule has 0 spiro atoms. The van der Waals surface area contributed by atoms with Crippen LogP contribution in [0.3, 0.4) is 0 Å². The molecule has 2 aromatic rings. The first kappa shape index (κ1) is 45.7. The minimum atomic E-state index is -2.15. The van der Waals surface area contributed by atoms with E-state index in [0.29, 0.717) is 26.2 Å². The van der Waals surface area contributed by atoms with Crippen LogP contribution in [0.1, 0.15) is 59.6 Å². The van der Waals surface area contributed by atoms with Gasteiger partial charge in [-0.2, -0.15) is 5.10 Å². The molecule has 4 aliphatic rings. The second kappa shape index (κ2) is 18.5. The van der Waals surface area contributed by atoms with Gasteiger partial charge in [-0.1, -0.05) is 45.9 Å². The standard InChI is InChI=1S/C43H58N4O13/c1-21-12-11-13-22(2)41(54)45-32-28(20-44-47-17-15-46(9)16-18-47)36(52)31-30(37(32)53)35(51)26(6)39-40(31)59-42(55)43(8,60-39)57-19-14-29(56-10)23(3)38(58-27(7)48)25(5)34(50)24(4)33(21)49/h11-14,19-21,23-25,29,33-34,38,49-53H,15-18H2,1-10H3,(H,45,54)/b12-11+,19-14+,22-13-,44-20+/t21-,23+,24+,25+,29-,33-,34+,38+,43-/m0/s1. The summed E-state index contributed by atoms with van der Waals surface area (Å²) in [5, 5.41) is 66.7. The Morgan fingerprint density at radius 2 is 1.60 bits per heavy atom. The summed E-state index contributed by atoms with van der Waals surface area (Å²) in [6.45, 7) is 14.9. The molecule has 6 N–H and O–H groups in total. The smallest absolute Gasteiger partial charge is 0.398 e. The van der Waals surface area contributed by atoms with Crippen molar-refractivity contribution in [3.8, 4) is 28.7 Å². The number of hydrazone groups is 1. The number of nitrogens with one attached hydrogen (secondary N) is 1. The highest BCUT2D eigenvalue weighted by molar-refractivity contribution is 6.17. The number of fused-ring (bicyclic) bond motifs is 16. The fourth-order valence-electron chi connectivity index (χ4n) is 7.71. The molecule has 17 nitrogen and oxygen atoms in total. The number of aliphatic hydroxyl groups excluding tert-OH is 2. The number of hydrogen-bond donors (Lipinski definition) is 6. The highest BCUT2D eigenvalue weighted by Gasteiger charge is 2.48. The molecule has 1 fully saturated rings. The van der Waals surface area contributed by atoms with Gasteiger partial charge in [-0.15, -0.1) is 0 Å². The molecular weight excluding hydrogens is 780 g/mol. The van der Waals surface area contributed by atoms with Crippen LogP contribution in [0, 0.1) is 30.6 Å². The zero-order valence-electron chi connectivity index (χ0n) is 35.8. The topological polar surface area (TPSA) is 229 Å². The van der Waals surface area contributed by atoms with E-state index in [2.05, 4.69) is 15.3 Å². The van der Waals surface area contributed by atoms with Crippen LogP contribution < -0.4 is 14.8 Å². The number of aromatic hydroxyl groups is 3. The predicted octanol–water partition coefficient (Wildman–Crippen LogP) is 4.06. The first-order valence-electron chi connectivity index (χ1n) is 19.9. The fourth-order valence-corrected chi connectivity index (χ4v) is 7.71. The van der Waals surface area contributed by atoms with Crippen LogP contribution in [0.5, 0.6) is 28.7 Å². The largest absolute Gasteiger partial charge is 0.507 e. The molecule has 2 aromatic carbocycles. The number of anilines is 1. The van der Waals surface area contributed by atoms with Crippen molar-refractivity contribution < 1.29 is 63.6 Å². The van der Waals surface area contributed by atoms with Gasteiger partial charge in [0.2, 0.25) is 0 Å². The monoisotopic (exact) mass is 838 g/mol. The Bertz CT molecular complexity index is 2090. The SMILES string of the molecule is CO[C@H]1/C=C/O[C@@]2(C)Oc3c(C)c(O)c4c(O)c(c(/C=N/N5CCN(C)CC5)c(O)c4c3OC2=O)NC(=O)/C(C)=C\C=C\[C@H](C)[C@H](O)[C@@H](C)[C@@H](O)[C@@H](C)[C@H](OC(C)=O)[C@@H]1C. The van der Waals surface area contributed by atoms with Crippen LogP contribution >= 0.6 is 0 Å². The number of carbonyl (C=O) groups is 3. The van der Waals surface area contributed by atoms with E-state index in [4.69, 9.17) is 23.7 Å². The van der Waals surface area contributed by atoms with Gasteiger partial charge in [-0.3, -0.25) is 14.6 Å². The van der Waals surface area contributed by atoms with E-state index in [1.54, 1.807) is 44.9 Å². The maximum Gasteiger partial charge on any atom is 0.398 e. The lowest BCUT2D eigenvalue weighted by molar-refractivity contribution is -0.193. The van der Waals surface area contributed by atoms with Crippen molar-refractivity contribution in [2.45, 2.75) is 85.6 Å². The van der Waals surface area contributed by atoms with E-state index >= 15 is 0 Å². The number of benzene rings is 2. The van der Waals surface area contributed by atoms with Crippen LogP contribution in [0.25, 0.3) is 10.8 Å². The number of methoxy groups -OCH3 is 1. The summed E-state index contributed by atoms with van der Waals surface area (Å²) in [6, 6.07) is 0. The Labute approximate surface area is 349 Å². The lowest BCUT2D eigenvalue weighted by Gasteiger charge is -2.38. The van der Waals surface area contributed by atoms with Crippen LogP contribution in [-0.4, -0.2) is 130 Å². The number of nitrogens with zero attached hydrogens (tertiary/aromatic N) is 3. The van der Waals surface area contributed by atoms with Gasteiger partial charge < -0.3 is 59.4 Å². The molecule has 4 heterocycles. The number of ether oxygens (including phenoxy) is 5. The summed E-state index contributed by atoms with van der Waals surface area (Å²) in [5.41, 5.74) is -0.267. The highest BCUT2D eigenvalue weighted by atomic mass is 16.7.